The second kappa shape index (κ2) is 6.53. The lowest BCUT2D eigenvalue weighted by Gasteiger charge is -2.22. The lowest BCUT2D eigenvalue weighted by atomic mass is 9.81. The van der Waals surface area contributed by atoms with Crippen molar-refractivity contribution in [2.45, 2.75) is 52.4 Å². The maximum atomic E-state index is 2.46. The topological polar surface area (TPSA) is 3.88 Å². The van der Waals surface area contributed by atoms with E-state index < -0.39 is 0 Å². The van der Waals surface area contributed by atoms with Gasteiger partial charge in [-0.15, -0.1) is 0 Å². The van der Waals surface area contributed by atoms with E-state index in [-0.39, 0.29) is 10.8 Å². The van der Waals surface area contributed by atoms with Crippen LogP contribution in [-0.2, 0) is 17.9 Å². The Hall–Kier alpha value is -2.93. The van der Waals surface area contributed by atoms with E-state index in [0.717, 1.165) is 0 Å². The van der Waals surface area contributed by atoms with Crippen LogP contribution in [0.25, 0.3) is 33.2 Å². The molecule has 4 aromatic rings. The molecular formula is C30H32N+. The molecular weight excluding hydrogens is 374 g/mol. The number of nitrogens with zero attached hydrogens (tertiary/aromatic N) is 1. The summed E-state index contributed by atoms with van der Waals surface area (Å²) in [6, 6.07) is 23.0. The monoisotopic (exact) mass is 406 g/mol. The molecule has 0 saturated carbocycles. The van der Waals surface area contributed by atoms with Crippen LogP contribution in [-0.4, -0.2) is 0 Å². The van der Waals surface area contributed by atoms with Crippen molar-refractivity contribution in [1.82, 2.24) is 0 Å². The maximum Gasteiger partial charge on any atom is 0.220 e. The average Bonchev–Trinajstić information content (AvgIpc) is 2.93. The van der Waals surface area contributed by atoms with Crippen LogP contribution in [0.2, 0.25) is 0 Å². The number of aryl methyl sites for hydroxylation is 2. The Morgan fingerprint density at radius 3 is 2.26 bits per heavy atom. The molecule has 1 nitrogen and oxygen atoms in total. The third kappa shape index (κ3) is 2.94. The van der Waals surface area contributed by atoms with Crippen LogP contribution in [0, 0.1) is 6.92 Å². The molecule has 31 heavy (non-hydrogen) atoms. The summed E-state index contributed by atoms with van der Waals surface area (Å²) in [5.41, 5.74) is 11.1. The standard InChI is InChI=1S/C30H32N/c1-19-16-25-23-10-8-9-11-26(23)30(5,6)27(25)18-24(19)28-22-13-12-21(29(2,3)4)17-20(22)14-15-31(28)7/h8-18H,1-7H3/q+1. The highest BCUT2D eigenvalue weighted by Crippen LogP contribution is 2.50. The highest BCUT2D eigenvalue weighted by atomic mass is 14.9. The van der Waals surface area contributed by atoms with E-state index in [2.05, 4.69) is 120 Å². The smallest absolute Gasteiger partial charge is 0.200 e. The number of aromatic nitrogens is 1. The number of fused-ring (bicyclic) bond motifs is 4. The fourth-order valence-electron chi connectivity index (χ4n) is 5.29. The summed E-state index contributed by atoms with van der Waals surface area (Å²) in [6.07, 6.45) is 2.21. The molecule has 0 spiro atoms. The zero-order valence-electron chi connectivity index (χ0n) is 19.8. The van der Waals surface area contributed by atoms with Crippen molar-refractivity contribution in [2.75, 3.05) is 0 Å². The summed E-state index contributed by atoms with van der Waals surface area (Å²) in [4.78, 5) is 0. The summed E-state index contributed by atoms with van der Waals surface area (Å²) >= 11 is 0. The van der Waals surface area contributed by atoms with Crippen molar-refractivity contribution in [3.63, 3.8) is 0 Å². The van der Waals surface area contributed by atoms with Gasteiger partial charge in [-0.3, -0.25) is 0 Å². The molecule has 3 aromatic carbocycles. The van der Waals surface area contributed by atoms with Gasteiger partial charge in [0.1, 0.15) is 7.05 Å². The van der Waals surface area contributed by atoms with Crippen molar-refractivity contribution in [2.24, 2.45) is 7.05 Å². The molecule has 5 rings (SSSR count). The molecule has 0 unspecified atom stereocenters. The van der Waals surface area contributed by atoms with Gasteiger partial charge in [-0.1, -0.05) is 77.1 Å². The quantitative estimate of drug-likeness (QED) is 0.293. The molecule has 1 heterocycles. The molecule has 0 bridgehead atoms. The minimum Gasteiger partial charge on any atom is -0.200 e. The van der Waals surface area contributed by atoms with Gasteiger partial charge in [0.15, 0.2) is 6.20 Å². The summed E-state index contributed by atoms with van der Waals surface area (Å²) in [7, 11) is 2.17. The van der Waals surface area contributed by atoms with Gasteiger partial charge in [-0.05, 0) is 63.2 Å². The van der Waals surface area contributed by atoms with Crippen LogP contribution >= 0.6 is 0 Å². The third-order valence-electron chi connectivity index (χ3n) is 7.19. The molecule has 0 N–H and O–H groups in total. The highest BCUT2D eigenvalue weighted by Gasteiger charge is 2.36. The largest absolute Gasteiger partial charge is 0.220 e. The van der Waals surface area contributed by atoms with Crippen LogP contribution in [0.15, 0.2) is 66.9 Å². The van der Waals surface area contributed by atoms with Crippen molar-refractivity contribution >= 4 is 10.8 Å². The van der Waals surface area contributed by atoms with E-state index >= 15 is 0 Å². The summed E-state index contributed by atoms with van der Waals surface area (Å²) in [5, 5.41) is 2.62. The SMILES string of the molecule is Cc1cc2c(cc1-c1c3ccc(C(C)(C)C)cc3cc[n+]1C)C(C)(C)c1ccccc1-2. The van der Waals surface area contributed by atoms with Gasteiger partial charge in [-0.2, -0.15) is 0 Å². The van der Waals surface area contributed by atoms with Crippen LogP contribution in [0.5, 0.6) is 0 Å². The van der Waals surface area contributed by atoms with Crippen molar-refractivity contribution in [3.8, 4) is 22.4 Å². The van der Waals surface area contributed by atoms with Gasteiger partial charge in [0, 0.05) is 11.5 Å². The first-order valence-electron chi connectivity index (χ1n) is 11.3. The number of rotatable bonds is 1. The number of pyridine rings is 1. The van der Waals surface area contributed by atoms with Gasteiger partial charge in [-0.25, -0.2) is 4.57 Å². The summed E-state index contributed by atoms with van der Waals surface area (Å²) < 4.78 is 2.28. The van der Waals surface area contributed by atoms with E-state index in [1.807, 2.05) is 0 Å². The molecule has 0 aliphatic heterocycles. The first-order chi connectivity index (χ1) is 14.6. The van der Waals surface area contributed by atoms with Crippen LogP contribution in [0.4, 0.5) is 0 Å². The van der Waals surface area contributed by atoms with Crippen molar-refractivity contribution < 1.29 is 4.57 Å². The molecule has 0 atom stereocenters. The molecule has 156 valence electrons. The van der Waals surface area contributed by atoms with E-state index in [1.54, 1.807) is 0 Å². The zero-order chi connectivity index (χ0) is 22.1. The van der Waals surface area contributed by atoms with Crippen LogP contribution in [0.3, 0.4) is 0 Å². The van der Waals surface area contributed by atoms with Gasteiger partial charge in [0.25, 0.3) is 0 Å². The molecule has 1 aromatic heterocycles. The zero-order valence-corrected chi connectivity index (χ0v) is 19.8. The number of hydrogen-bond donors (Lipinski definition) is 0. The Bertz CT molecular complexity index is 1350. The Morgan fingerprint density at radius 1 is 0.774 bits per heavy atom. The van der Waals surface area contributed by atoms with Crippen molar-refractivity contribution in [3.05, 3.63) is 89.1 Å². The van der Waals surface area contributed by atoms with Gasteiger partial charge in [0.05, 0.1) is 10.9 Å². The molecule has 1 aliphatic rings. The second-order valence-electron chi connectivity index (χ2n) is 10.7. The lowest BCUT2D eigenvalue weighted by Crippen LogP contribution is -2.31. The number of hydrogen-bond acceptors (Lipinski definition) is 0. The Balaban J connectivity index is 1.78. The first-order valence-corrected chi connectivity index (χ1v) is 11.3. The predicted molar refractivity (Wildman–Crippen MR) is 132 cm³/mol. The highest BCUT2D eigenvalue weighted by molar-refractivity contribution is 5.95. The minimum absolute atomic E-state index is 0.0108. The normalized spacial score (nSPS) is 14.5. The van der Waals surface area contributed by atoms with E-state index in [1.165, 1.54) is 55.4 Å². The molecule has 0 saturated heterocycles. The Kier molecular flexibility index (Phi) is 4.21. The van der Waals surface area contributed by atoms with Gasteiger partial charge < -0.3 is 0 Å². The fourth-order valence-corrected chi connectivity index (χ4v) is 5.29. The Morgan fingerprint density at radius 2 is 1.52 bits per heavy atom. The van der Waals surface area contributed by atoms with Gasteiger partial charge >= 0.3 is 0 Å². The Labute approximate surface area is 186 Å². The lowest BCUT2D eigenvalue weighted by molar-refractivity contribution is -0.659. The number of benzene rings is 3. The fraction of sp³-hybridized carbons (Fsp3) is 0.300. The molecule has 1 aliphatic carbocycles. The minimum atomic E-state index is 0.0108. The molecule has 0 fully saturated rings. The van der Waals surface area contributed by atoms with Crippen molar-refractivity contribution in [1.29, 1.82) is 0 Å². The summed E-state index contributed by atoms with van der Waals surface area (Å²) in [6.45, 7) is 13.8. The second-order valence-corrected chi connectivity index (χ2v) is 10.7. The van der Waals surface area contributed by atoms with Gasteiger partial charge in [0.2, 0.25) is 5.69 Å². The maximum absolute atomic E-state index is 2.46. The summed E-state index contributed by atoms with van der Waals surface area (Å²) in [5.74, 6) is 0. The third-order valence-corrected chi connectivity index (χ3v) is 7.19. The average molecular weight is 407 g/mol. The van der Waals surface area contributed by atoms with Crippen LogP contribution in [0.1, 0.15) is 56.9 Å². The van der Waals surface area contributed by atoms with E-state index in [9.17, 15) is 0 Å². The molecule has 0 amide bonds. The van der Waals surface area contributed by atoms with E-state index in [0.29, 0.717) is 0 Å². The van der Waals surface area contributed by atoms with E-state index in [4.69, 9.17) is 0 Å². The predicted octanol–water partition coefficient (Wildman–Crippen LogP) is 7.24. The molecule has 0 radical (unpaired) electrons. The van der Waals surface area contributed by atoms with Crippen LogP contribution < -0.4 is 4.57 Å². The first kappa shape index (κ1) is 20.0. The molecule has 1 heteroatoms.